The van der Waals surface area contributed by atoms with Gasteiger partial charge >= 0.3 is 0 Å². The Kier molecular flexibility index (Phi) is 3.98. The van der Waals surface area contributed by atoms with Crippen molar-refractivity contribution >= 4 is 10.8 Å². The van der Waals surface area contributed by atoms with E-state index in [9.17, 15) is 9.50 Å². The van der Waals surface area contributed by atoms with Gasteiger partial charge in [-0.2, -0.15) is 0 Å². The smallest absolute Gasteiger partial charge is 0.123 e. The number of fused-ring (bicyclic) bond motifs is 1. The molecule has 0 amide bonds. The highest BCUT2D eigenvalue weighted by Crippen LogP contribution is 2.20. The molecule has 0 bridgehead atoms. The molecule has 3 rings (SSSR count). The number of hydrogen-bond donors (Lipinski definition) is 1. The Morgan fingerprint density at radius 3 is 2.48 bits per heavy atom. The molecule has 1 atom stereocenters. The van der Waals surface area contributed by atoms with Gasteiger partial charge < -0.3 is 5.11 Å². The minimum atomic E-state index is -0.516. The molecule has 0 radical (unpaired) electrons. The van der Waals surface area contributed by atoms with Gasteiger partial charge in [0.15, 0.2) is 0 Å². The van der Waals surface area contributed by atoms with E-state index in [4.69, 9.17) is 0 Å². The molecule has 0 aliphatic carbocycles. The van der Waals surface area contributed by atoms with Gasteiger partial charge in [0, 0.05) is 0 Å². The van der Waals surface area contributed by atoms with E-state index in [0.717, 1.165) is 11.1 Å². The van der Waals surface area contributed by atoms with Crippen molar-refractivity contribution < 1.29 is 9.50 Å². The second-order valence-electron chi connectivity index (χ2n) is 5.33. The Morgan fingerprint density at radius 2 is 1.62 bits per heavy atom. The third-order valence-corrected chi connectivity index (χ3v) is 3.70. The molecule has 0 aliphatic heterocycles. The number of aliphatic hydroxyl groups excluding tert-OH is 1. The number of rotatable bonds is 4. The van der Waals surface area contributed by atoms with Crippen LogP contribution in [0.1, 0.15) is 11.1 Å². The zero-order valence-corrected chi connectivity index (χ0v) is 11.7. The SMILES string of the molecule is OC(Cc1cccc(F)c1)Cc1cccc2ccccc12. The van der Waals surface area contributed by atoms with Crippen LogP contribution in [-0.4, -0.2) is 11.2 Å². The molecule has 2 heteroatoms. The first-order valence-electron chi connectivity index (χ1n) is 7.11. The van der Waals surface area contributed by atoms with Gasteiger partial charge in [0.05, 0.1) is 6.10 Å². The molecular formula is C19H17FO. The van der Waals surface area contributed by atoms with Gasteiger partial charge in [0.2, 0.25) is 0 Å². The molecule has 1 N–H and O–H groups in total. The summed E-state index contributed by atoms with van der Waals surface area (Å²) < 4.78 is 13.2. The second kappa shape index (κ2) is 6.06. The molecule has 0 heterocycles. The average Bonchev–Trinajstić information content (AvgIpc) is 2.47. The lowest BCUT2D eigenvalue weighted by molar-refractivity contribution is 0.175. The van der Waals surface area contributed by atoms with Gasteiger partial charge in [-0.15, -0.1) is 0 Å². The largest absolute Gasteiger partial charge is 0.392 e. The van der Waals surface area contributed by atoms with E-state index in [0.29, 0.717) is 12.8 Å². The van der Waals surface area contributed by atoms with Crippen LogP contribution in [-0.2, 0) is 12.8 Å². The van der Waals surface area contributed by atoms with Gasteiger partial charge in [-0.05, 0) is 46.9 Å². The Morgan fingerprint density at radius 1 is 0.857 bits per heavy atom. The molecule has 21 heavy (non-hydrogen) atoms. The summed E-state index contributed by atoms with van der Waals surface area (Å²) in [6, 6.07) is 20.7. The molecule has 0 aliphatic rings. The van der Waals surface area contributed by atoms with Gasteiger partial charge in [0.25, 0.3) is 0 Å². The van der Waals surface area contributed by atoms with E-state index in [2.05, 4.69) is 18.2 Å². The van der Waals surface area contributed by atoms with E-state index in [-0.39, 0.29) is 5.82 Å². The number of benzene rings is 3. The van der Waals surface area contributed by atoms with Crippen molar-refractivity contribution in [2.75, 3.05) is 0 Å². The zero-order chi connectivity index (χ0) is 14.7. The van der Waals surface area contributed by atoms with Crippen LogP contribution in [0.5, 0.6) is 0 Å². The van der Waals surface area contributed by atoms with Crippen molar-refractivity contribution in [3.8, 4) is 0 Å². The Bertz CT molecular complexity index is 746. The summed E-state index contributed by atoms with van der Waals surface area (Å²) in [5.74, 6) is -0.259. The van der Waals surface area contributed by atoms with Crippen LogP contribution in [0.3, 0.4) is 0 Å². The van der Waals surface area contributed by atoms with Crippen LogP contribution in [0.4, 0.5) is 4.39 Å². The molecule has 0 saturated heterocycles. The van der Waals surface area contributed by atoms with Crippen molar-refractivity contribution in [3.63, 3.8) is 0 Å². The fraction of sp³-hybridized carbons (Fsp3) is 0.158. The highest BCUT2D eigenvalue weighted by molar-refractivity contribution is 5.85. The molecule has 0 spiro atoms. The molecule has 3 aromatic rings. The van der Waals surface area contributed by atoms with Crippen LogP contribution in [0.15, 0.2) is 66.7 Å². The summed E-state index contributed by atoms with van der Waals surface area (Å²) >= 11 is 0. The summed E-state index contributed by atoms with van der Waals surface area (Å²) in [4.78, 5) is 0. The van der Waals surface area contributed by atoms with Crippen LogP contribution >= 0.6 is 0 Å². The Hall–Kier alpha value is -2.19. The quantitative estimate of drug-likeness (QED) is 0.762. The normalized spacial score (nSPS) is 12.5. The third-order valence-electron chi connectivity index (χ3n) is 3.70. The minimum absolute atomic E-state index is 0.259. The van der Waals surface area contributed by atoms with Crippen LogP contribution in [0, 0.1) is 5.82 Å². The molecule has 3 aromatic carbocycles. The molecule has 0 fully saturated rings. The van der Waals surface area contributed by atoms with Crippen molar-refractivity contribution in [1.29, 1.82) is 0 Å². The van der Waals surface area contributed by atoms with Crippen LogP contribution in [0.2, 0.25) is 0 Å². The number of hydrogen-bond acceptors (Lipinski definition) is 1. The molecule has 106 valence electrons. The van der Waals surface area contributed by atoms with Crippen molar-refractivity contribution in [1.82, 2.24) is 0 Å². The van der Waals surface area contributed by atoms with Gasteiger partial charge in [-0.3, -0.25) is 0 Å². The topological polar surface area (TPSA) is 20.2 Å². The summed E-state index contributed by atoms with van der Waals surface area (Å²) in [5.41, 5.74) is 1.94. The van der Waals surface area contributed by atoms with Crippen molar-refractivity contribution in [2.24, 2.45) is 0 Å². The molecular weight excluding hydrogens is 263 g/mol. The van der Waals surface area contributed by atoms with Crippen molar-refractivity contribution in [2.45, 2.75) is 18.9 Å². The van der Waals surface area contributed by atoms with E-state index >= 15 is 0 Å². The second-order valence-corrected chi connectivity index (χ2v) is 5.33. The summed E-state index contributed by atoms with van der Waals surface area (Å²) in [7, 11) is 0. The average molecular weight is 280 g/mol. The highest BCUT2D eigenvalue weighted by Gasteiger charge is 2.09. The number of halogens is 1. The van der Waals surface area contributed by atoms with E-state index < -0.39 is 6.10 Å². The maximum Gasteiger partial charge on any atom is 0.123 e. The summed E-state index contributed by atoms with van der Waals surface area (Å²) in [6.07, 6.45) is 0.511. The zero-order valence-electron chi connectivity index (χ0n) is 11.7. The first-order valence-corrected chi connectivity index (χ1v) is 7.11. The van der Waals surface area contributed by atoms with Crippen LogP contribution in [0.25, 0.3) is 10.8 Å². The fourth-order valence-corrected chi connectivity index (χ4v) is 2.73. The Balaban J connectivity index is 1.79. The third kappa shape index (κ3) is 3.29. The first kappa shape index (κ1) is 13.8. The predicted molar refractivity (Wildman–Crippen MR) is 83.8 cm³/mol. The fourth-order valence-electron chi connectivity index (χ4n) is 2.73. The maximum atomic E-state index is 13.2. The summed E-state index contributed by atoms with van der Waals surface area (Å²) in [5, 5.41) is 12.6. The van der Waals surface area contributed by atoms with Gasteiger partial charge in [-0.25, -0.2) is 4.39 Å². The lowest BCUT2D eigenvalue weighted by atomic mass is 9.97. The predicted octanol–water partition coefficient (Wildman–Crippen LogP) is 4.13. The monoisotopic (exact) mass is 280 g/mol. The first-order chi connectivity index (χ1) is 10.2. The van der Waals surface area contributed by atoms with E-state index in [1.807, 2.05) is 30.3 Å². The maximum absolute atomic E-state index is 13.2. The molecule has 1 unspecified atom stereocenters. The lowest BCUT2D eigenvalue weighted by Gasteiger charge is -2.13. The van der Waals surface area contributed by atoms with Gasteiger partial charge in [-0.1, -0.05) is 54.6 Å². The molecule has 0 saturated carbocycles. The van der Waals surface area contributed by atoms with Crippen molar-refractivity contribution in [3.05, 3.63) is 83.7 Å². The summed E-state index contributed by atoms with van der Waals surface area (Å²) in [6.45, 7) is 0. The minimum Gasteiger partial charge on any atom is -0.392 e. The van der Waals surface area contributed by atoms with Gasteiger partial charge in [0.1, 0.15) is 5.82 Å². The molecule has 1 nitrogen and oxygen atoms in total. The van der Waals surface area contributed by atoms with E-state index in [1.165, 1.54) is 22.9 Å². The lowest BCUT2D eigenvalue weighted by Crippen LogP contribution is -2.14. The number of aliphatic hydroxyl groups is 1. The Labute approximate surface area is 123 Å². The van der Waals surface area contributed by atoms with Crippen LogP contribution < -0.4 is 0 Å². The highest BCUT2D eigenvalue weighted by atomic mass is 19.1. The van der Waals surface area contributed by atoms with E-state index in [1.54, 1.807) is 6.07 Å². The standard InChI is InChI=1S/C19H17FO/c20-17-9-3-5-14(11-17)12-18(21)13-16-8-4-7-15-6-1-2-10-19(15)16/h1-11,18,21H,12-13H2. The molecule has 0 aromatic heterocycles.